The van der Waals surface area contributed by atoms with Crippen LogP contribution in [0.5, 0.6) is 11.5 Å². The fourth-order valence-electron chi connectivity index (χ4n) is 5.28. The van der Waals surface area contributed by atoms with E-state index in [1.54, 1.807) is 0 Å². The Balaban J connectivity index is 1.49. The third-order valence-electron chi connectivity index (χ3n) is 6.85. The van der Waals surface area contributed by atoms with Crippen molar-refractivity contribution in [2.24, 2.45) is 0 Å². The van der Waals surface area contributed by atoms with Gasteiger partial charge in [0.2, 0.25) is 6.79 Å². The van der Waals surface area contributed by atoms with Crippen LogP contribution in [-0.2, 0) is 0 Å². The molecular formula is C22H26N6O3. The number of hydrogen-bond donors (Lipinski definition) is 1. The molecule has 4 heterocycles. The first-order valence-electron chi connectivity index (χ1n) is 11.3. The van der Waals surface area contributed by atoms with Gasteiger partial charge in [-0.15, -0.1) is 5.10 Å². The zero-order valence-electron chi connectivity index (χ0n) is 17.4. The fraction of sp³-hybridized carbons (Fsp3) is 0.545. The van der Waals surface area contributed by atoms with Crippen molar-refractivity contribution >= 4 is 10.9 Å². The highest BCUT2D eigenvalue weighted by atomic mass is 16.7. The van der Waals surface area contributed by atoms with Crippen LogP contribution in [0.2, 0.25) is 0 Å². The molecule has 31 heavy (non-hydrogen) atoms. The number of aromatic nitrogens is 5. The number of nitrogens with zero attached hydrogens (tertiary/aromatic N) is 5. The Morgan fingerprint density at radius 1 is 1.00 bits per heavy atom. The predicted molar refractivity (Wildman–Crippen MR) is 113 cm³/mol. The normalized spacial score (nSPS) is 20.5. The van der Waals surface area contributed by atoms with E-state index in [-0.39, 0.29) is 18.4 Å². The lowest BCUT2D eigenvalue weighted by atomic mass is 10.00. The summed E-state index contributed by atoms with van der Waals surface area (Å²) < 4.78 is 13.0. The molecule has 1 atom stereocenters. The number of likely N-dealkylation sites (tertiary alicyclic amines) is 1. The standard InChI is InChI=1S/C22H26N6O3/c29-22-16(10-14-11-18-19(31-13-30-18)12-17(14)23-22)20(27-8-4-1-5-9-27)21-24-25-26-28(21)15-6-2-3-7-15/h10-12,15,20H,1-9,13H2,(H,23,29)/t20-/m1/s1. The number of piperidine rings is 1. The lowest BCUT2D eigenvalue weighted by molar-refractivity contribution is 0.174. The molecule has 1 aliphatic carbocycles. The largest absolute Gasteiger partial charge is 0.454 e. The third-order valence-corrected chi connectivity index (χ3v) is 6.85. The maximum atomic E-state index is 13.3. The summed E-state index contributed by atoms with van der Waals surface area (Å²) in [5, 5.41) is 13.8. The van der Waals surface area contributed by atoms with Crippen LogP contribution in [0.4, 0.5) is 0 Å². The molecule has 0 radical (unpaired) electrons. The van der Waals surface area contributed by atoms with Crippen LogP contribution in [-0.4, -0.2) is 50.0 Å². The van der Waals surface area contributed by atoms with Crippen LogP contribution in [0.15, 0.2) is 23.0 Å². The quantitative estimate of drug-likeness (QED) is 0.690. The summed E-state index contributed by atoms with van der Waals surface area (Å²) in [7, 11) is 0. The Morgan fingerprint density at radius 2 is 1.77 bits per heavy atom. The van der Waals surface area contributed by atoms with Crippen LogP contribution in [0, 0.1) is 0 Å². The van der Waals surface area contributed by atoms with Crippen LogP contribution in [0.25, 0.3) is 10.9 Å². The van der Waals surface area contributed by atoms with E-state index < -0.39 is 0 Å². The van der Waals surface area contributed by atoms with Crippen LogP contribution in [0.3, 0.4) is 0 Å². The maximum Gasteiger partial charge on any atom is 0.253 e. The van der Waals surface area contributed by atoms with Crippen molar-refractivity contribution in [1.29, 1.82) is 0 Å². The SMILES string of the molecule is O=c1[nH]c2cc3c(cc2cc1[C@H](c1nnnn1C1CCCC1)N1CCCCC1)OCO3. The third kappa shape index (κ3) is 3.27. The molecule has 2 aromatic heterocycles. The molecule has 1 saturated carbocycles. The second kappa shape index (κ2) is 7.64. The van der Waals surface area contributed by atoms with Crippen molar-refractivity contribution in [2.75, 3.05) is 19.9 Å². The van der Waals surface area contributed by atoms with Gasteiger partial charge in [-0.3, -0.25) is 9.69 Å². The smallest absolute Gasteiger partial charge is 0.253 e. The monoisotopic (exact) mass is 422 g/mol. The molecule has 2 fully saturated rings. The van der Waals surface area contributed by atoms with Gasteiger partial charge in [0.15, 0.2) is 17.3 Å². The number of benzene rings is 1. The Bertz CT molecular complexity index is 1160. The Morgan fingerprint density at radius 3 is 2.58 bits per heavy atom. The van der Waals surface area contributed by atoms with E-state index in [0.717, 1.165) is 55.5 Å². The number of rotatable bonds is 4. The van der Waals surface area contributed by atoms with E-state index in [9.17, 15) is 4.79 Å². The zero-order valence-corrected chi connectivity index (χ0v) is 17.4. The summed E-state index contributed by atoms with van der Waals surface area (Å²) in [6, 6.07) is 5.79. The fourth-order valence-corrected chi connectivity index (χ4v) is 5.28. The molecule has 0 bridgehead atoms. The summed E-state index contributed by atoms with van der Waals surface area (Å²) >= 11 is 0. The zero-order chi connectivity index (χ0) is 20.8. The van der Waals surface area contributed by atoms with Crippen LogP contribution < -0.4 is 15.0 Å². The van der Waals surface area contributed by atoms with Gasteiger partial charge in [-0.1, -0.05) is 19.3 Å². The Hall–Kier alpha value is -2.94. The minimum atomic E-state index is -0.269. The summed E-state index contributed by atoms with van der Waals surface area (Å²) in [4.78, 5) is 18.7. The topological polar surface area (TPSA) is 98.2 Å². The molecule has 0 spiro atoms. The van der Waals surface area contributed by atoms with Gasteiger partial charge in [-0.05, 0) is 61.3 Å². The van der Waals surface area contributed by atoms with Crippen molar-refractivity contribution in [2.45, 2.75) is 57.0 Å². The molecule has 1 saturated heterocycles. The summed E-state index contributed by atoms with van der Waals surface area (Å²) in [6.45, 7) is 2.07. The molecule has 162 valence electrons. The minimum absolute atomic E-state index is 0.108. The van der Waals surface area contributed by atoms with Crippen molar-refractivity contribution in [1.82, 2.24) is 30.1 Å². The second-order valence-corrected chi connectivity index (χ2v) is 8.77. The molecular weight excluding hydrogens is 396 g/mol. The average molecular weight is 422 g/mol. The van der Waals surface area contributed by atoms with E-state index in [1.165, 1.54) is 19.3 Å². The van der Waals surface area contributed by atoms with Gasteiger partial charge in [-0.2, -0.15) is 0 Å². The Kier molecular flexibility index (Phi) is 4.63. The van der Waals surface area contributed by atoms with Crippen molar-refractivity contribution in [3.8, 4) is 11.5 Å². The number of aromatic amines is 1. The van der Waals surface area contributed by atoms with E-state index in [0.29, 0.717) is 23.1 Å². The van der Waals surface area contributed by atoms with Gasteiger partial charge in [0.05, 0.1) is 11.6 Å². The number of tetrazole rings is 1. The first-order chi connectivity index (χ1) is 15.3. The molecule has 0 amide bonds. The lowest BCUT2D eigenvalue weighted by Crippen LogP contribution is -2.38. The van der Waals surface area contributed by atoms with Gasteiger partial charge < -0.3 is 14.5 Å². The highest BCUT2D eigenvalue weighted by Crippen LogP contribution is 2.37. The molecule has 1 aromatic carbocycles. The molecule has 9 heteroatoms. The van der Waals surface area contributed by atoms with Crippen LogP contribution in [0.1, 0.15) is 68.4 Å². The van der Waals surface area contributed by atoms with Gasteiger partial charge >= 0.3 is 0 Å². The lowest BCUT2D eigenvalue weighted by Gasteiger charge is -2.34. The molecule has 2 aliphatic heterocycles. The van der Waals surface area contributed by atoms with Gasteiger partial charge in [-0.25, -0.2) is 4.68 Å². The van der Waals surface area contributed by atoms with Crippen molar-refractivity contribution < 1.29 is 9.47 Å². The van der Waals surface area contributed by atoms with Gasteiger partial charge in [0.25, 0.3) is 5.56 Å². The van der Waals surface area contributed by atoms with E-state index in [2.05, 4.69) is 25.4 Å². The average Bonchev–Trinajstić information content (AvgIpc) is 3.55. The first kappa shape index (κ1) is 18.8. The molecule has 9 nitrogen and oxygen atoms in total. The minimum Gasteiger partial charge on any atom is -0.454 e. The van der Waals surface area contributed by atoms with Crippen molar-refractivity contribution in [3.63, 3.8) is 0 Å². The van der Waals surface area contributed by atoms with Crippen LogP contribution >= 0.6 is 0 Å². The van der Waals surface area contributed by atoms with E-state index >= 15 is 0 Å². The summed E-state index contributed by atoms with van der Waals surface area (Å²) in [5.41, 5.74) is 1.32. The first-order valence-corrected chi connectivity index (χ1v) is 11.3. The van der Waals surface area contributed by atoms with Gasteiger partial charge in [0, 0.05) is 17.0 Å². The highest BCUT2D eigenvalue weighted by Gasteiger charge is 2.33. The predicted octanol–water partition coefficient (Wildman–Crippen LogP) is 2.93. The number of H-pyrrole nitrogens is 1. The number of nitrogens with one attached hydrogen (secondary N) is 1. The van der Waals surface area contributed by atoms with Gasteiger partial charge in [0.1, 0.15) is 6.04 Å². The maximum absolute atomic E-state index is 13.3. The second-order valence-electron chi connectivity index (χ2n) is 8.77. The molecule has 1 N–H and O–H groups in total. The molecule has 6 rings (SSSR count). The molecule has 3 aromatic rings. The van der Waals surface area contributed by atoms with E-state index in [4.69, 9.17) is 9.47 Å². The molecule has 3 aliphatic rings. The summed E-state index contributed by atoms with van der Waals surface area (Å²) in [5.74, 6) is 2.14. The summed E-state index contributed by atoms with van der Waals surface area (Å²) in [6.07, 6.45) is 8.01. The number of hydrogen-bond acceptors (Lipinski definition) is 7. The number of pyridine rings is 1. The number of fused-ring (bicyclic) bond motifs is 2. The van der Waals surface area contributed by atoms with Crippen molar-refractivity contribution in [3.05, 3.63) is 39.9 Å². The number of ether oxygens (including phenoxy) is 2. The highest BCUT2D eigenvalue weighted by molar-refractivity contribution is 5.83. The molecule has 0 unspecified atom stereocenters. The van der Waals surface area contributed by atoms with E-state index in [1.807, 2.05) is 22.9 Å². The Labute approximate surface area is 179 Å².